The van der Waals surface area contributed by atoms with Gasteiger partial charge in [0.25, 0.3) is 5.56 Å². The van der Waals surface area contributed by atoms with E-state index < -0.39 is 11.2 Å². The number of pyridine rings is 1. The number of hydrogen-bond donors (Lipinski definition) is 2. The molecule has 21 heavy (non-hydrogen) atoms. The van der Waals surface area contributed by atoms with E-state index in [9.17, 15) is 9.59 Å². The Morgan fingerprint density at radius 3 is 2.81 bits per heavy atom. The van der Waals surface area contributed by atoms with Gasteiger partial charge in [-0.1, -0.05) is 6.07 Å². The highest BCUT2D eigenvalue weighted by molar-refractivity contribution is 5.92. The summed E-state index contributed by atoms with van der Waals surface area (Å²) in [6.45, 7) is 0.184. The normalized spacial score (nSPS) is 12.8. The zero-order chi connectivity index (χ0) is 14.4. The van der Waals surface area contributed by atoms with E-state index in [1.54, 1.807) is 18.2 Å². The summed E-state index contributed by atoms with van der Waals surface area (Å²) in [6.07, 6.45) is 1.54. The Morgan fingerprint density at radius 2 is 1.90 bits per heavy atom. The summed E-state index contributed by atoms with van der Waals surface area (Å²) >= 11 is 0. The lowest BCUT2D eigenvalue weighted by molar-refractivity contribution is 0.174. The van der Waals surface area contributed by atoms with Crippen LogP contribution in [0.3, 0.4) is 0 Å². The standard InChI is InChI=1S/C14H9N3O4/c18-13-11-8(3-4-15-12(11)16-14(19)17-13)7-1-2-9-10(5-7)21-6-20-9/h1-5H,6H2,(H2,15,16,17,18,19). The van der Waals surface area contributed by atoms with Crippen molar-refractivity contribution in [3.63, 3.8) is 0 Å². The molecule has 3 heterocycles. The van der Waals surface area contributed by atoms with Crippen LogP contribution >= 0.6 is 0 Å². The number of benzene rings is 1. The van der Waals surface area contributed by atoms with Crippen molar-refractivity contribution < 1.29 is 9.47 Å². The topological polar surface area (TPSA) is 97.1 Å². The molecule has 0 amide bonds. The molecular formula is C14H9N3O4. The van der Waals surface area contributed by atoms with E-state index in [1.165, 1.54) is 6.20 Å². The maximum atomic E-state index is 12.1. The van der Waals surface area contributed by atoms with E-state index in [4.69, 9.17) is 9.47 Å². The fourth-order valence-electron chi connectivity index (χ4n) is 2.40. The molecule has 1 aliphatic heterocycles. The van der Waals surface area contributed by atoms with Gasteiger partial charge in [0, 0.05) is 6.20 Å². The average Bonchev–Trinajstić information content (AvgIpc) is 2.93. The number of aromatic amines is 2. The molecule has 2 aromatic heterocycles. The van der Waals surface area contributed by atoms with Crippen molar-refractivity contribution in [3.8, 4) is 22.6 Å². The lowest BCUT2D eigenvalue weighted by atomic mass is 10.0. The highest BCUT2D eigenvalue weighted by Crippen LogP contribution is 2.36. The molecule has 104 valence electrons. The molecule has 4 rings (SSSR count). The maximum absolute atomic E-state index is 12.1. The Bertz CT molecular complexity index is 974. The number of aromatic nitrogens is 3. The predicted octanol–water partition coefficient (Wildman–Crippen LogP) is 1.01. The molecule has 7 heteroatoms. The minimum absolute atomic E-state index is 0.184. The van der Waals surface area contributed by atoms with Crippen LogP contribution in [-0.4, -0.2) is 21.7 Å². The number of nitrogens with zero attached hydrogens (tertiary/aromatic N) is 1. The van der Waals surface area contributed by atoms with E-state index in [-0.39, 0.29) is 12.4 Å². The zero-order valence-corrected chi connectivity index (χ0v) is 10.7. The molecule has 0 bridgehead atoms. The first-order valence-electron chi connectivity index (χ1n) is 6.24. The van der Waals surface area contributed by atoms with E-state index >= 15 is 0 Å². The highest BCUT2D eigenvalue weighted by Gasteiger charge is 2.16. The van der Waals surface area contributed by atoms with Crippen LogP contribution < -0.4 is 20.7 Å². The third kappa shape index (κ3) is 1.78. The molecule has 0 saturated heterocycles. The van der Waals surface area contributed by atoms with Gasteiger partial charge >= 0.3 is 5.69 Å². The maximum Gasteiger partial charge on any atom is 0.327 e. The molecule has 1 aromatic carbocycles. The van der Waals surface area contributed by atoms with Crippen molar-refractivity contribution in [2.45, 2.75) is 0 Å². The van der Waals surface area contributed by atoms with Crippen LogP contribution in [0.15, 0.2) is 40.1 Å². The number of fused-ring (bicyclic) bond motifs is 2. The molecule has 0 unspecified atom stereocenters. The van der Waals surface area contributed by atoms with Gasteiger partial charge in [-0.2, -0.15) is 0 Å². The van der Waals surface area contributed by atoms with E-state index in [2.05, 4.69) is 15.0 Å². The first kappa shape index (κ1) is 11.7. The first-order chi connectivity index (χ1) is 10.2. The third-order valence-electron chi connectivity index (χ3n) is 3.32. The summed E-state index contributed by atoms with van der Waals surface area (Å²) in [7, 11) is 0. The summed E-state index contributed by atoms with van der Waals surface area (Å²) in [5.41, 5.74) is 0.635. The van der Waals surface area contributed by atoms with Gasteiger partial charge in [0.15, 0.2) is 11.5 Å². The minimum atomic E-state index is -0.581. The Balaban J connectivity index is 2.03. The van der Waals surface area contributed by atoms with Gasteiger partial charge < -0.3 is 9.47 Å². The Morgan fingerprint density at radius 1 is 1.05 bits per heavy atom. The number of nitrogens with one attached hydrogen (secondary N) is 2. The lowest BCUT2D eigenvalue weighted by Gasteiger charge is -2.06. The van der Waals surface area contributed by atoms with Crippen LogP contribution in [0.5, 0.6) is 11.5 Å². The second-order valence-electron chi connectivity index (χ2n) is 4.56. The molecule has 0 spiro atoms. The summed E-state index contributed by atoms with van der Waals surface area (Å²) in [5.74, 6) is 1.29. The van der Waals surface area contributed by atoms with Crippen molar-refractivity contribution in [1.29, 1.82) is 0 Å². The van der Waals surface area contributed by atoms with Gasteiger partial charge in [0.2, 0.25) is 6.79 Å². The van der Waals surface area contributed by atoms with Crippen LogP contribution in [0.25, 0.3) is 22.2 Å². The molecule has 2 N–H and O–H groups in total. The van der Waals surface area contributed by atoms with Gasteiger partial charge in [-0.25, -0.2) is 9.78 Å². The van der Waals surface area contributed by atoms with Crippen molar-refractivity contribution in [2.24, 2.45) is 0 Å². The Labute approximate surface area is 117 Å². The van der Waals surface area contributed by atoms with E-state index in [1.807, 2.05) is 6.07 Å². The predicted molar refractivity (Wildman–Crippen MR) is 74.5 cm³/mol. The zero-order valence-electron chi connectivity index (χ0n) is 10.7. The SMILES string of the molecule is O=c1[nH]c(=O)c2c(-c3ccc4c(c3)OCO4)ccnc2[nH]1. The third-order valence-corrected chi connectivity index (χ3v) is 3.32. The second kappa shape index (κ2) is 4.20. The van der Waals surface area contributed by atoms with Crippen molar-refractivity contribution >= 4 is 11.0 Å². The van der Waals surface area contributed by atoms with Gasteiger partial charge in [0.1, 0.15) is 5.65 Å². The summed E-state index contributed by atoms with van der Waals surface area (Å²) < 4.78 is 10.6. The molecule has 0 atom stereocenters. The molecule has 7 nitrogen and oxygen atoms in total. The minimum Gasteiger partial charge on any atom is -0.454 e. The Kier molecular flexibility index (Phi) is 2.34. The van der Waals surface area contributed by atoms with Gasteiger partial charge in [-0.3, -0.25) is 14.8 Å². The average molecular weight is 283 g/mol. The smallest absolute Gasteiger partial charge is 0.327 e. The Hall–Kier alpha value is -3.09. The van der Waals surface area contributed by atoms with Gasteiger partial charge in [-0.15, -0.1) is 0 Å². The van der Waals surface area contributed by atoms with Gasteiger partial charge in [0.05, 0.1) is 5.39 Å². The number of hydrogen-bond acceptors (Lipinski definition) is 5. The van der Waals surface area contributed by atoms with Crippen molar-refractivity contribution in [2.75, 3.05) is 6.79 Å². The molecule has 0 aliphatic carbocycles. The number of ether oxygens (including phenoxy) is 2. The number of rotatable bonds is 1. The van der Waals surface area contributed by atoms with E-state index in [0.29, 0.717) is 22.4 Å². The van der Waals surface area contributed by atoms with Gasteiger partial charge in [-0.05, 0) is 29.3 Å². The van der Waals surface area contributed by atoms with Crippen LogP contribution in [0, 0.1) is 0 Å². The molecule has 0 radical (unpaired) electrons. The monoisotopic (exact) mass is 283 g/mol. The fourth-order valence-corrected chi connectivity index (χ4v) is 2.40. The molecule has 3 aromatic rings. The van der Waals surface area contributed by atoms with Crippen molar-refractivity contribution in [3.05, 3.63) is 51.3 Å². The molecule has 0 fully saturated rings. The second-order valence-corrected chi connectivity index (χ2v) is 4.56. The van der Waals surface area contributed by atoms with Crippen LogP contribution in [-0.2, 0) is 0 Å². The van der Waals surface area contributed by atoms with Crippen LogP contribution in [0.2, 0.25) is 0 Å². The quantitative estimate of drug-likeness (QED) is 0.694. The summed E-state index contributed by atoms with van der Waals surface area (Å²) in [5, 5.41) is 0.330. The van der Waals surface area contributed by atoms with Crippen LogP contribution in [0.4, 0.5) is 0 Å². The van der Waals surface area contributed by atoms with Crippen LogP contribution in [0.1, 0.15) is 0 Å². The molecular weight excluding hydrogens is 274 g/mol. The van der Waals surface area contributed by atoms with Crippen molar-refractivity contribution in [1.82, 2.24) is 15.0 Å². The molecule has 0 saturated carbocycles. The first-order valence-corrected chi connectivity index (χ1v) is 6.24. The lowest BCUT2D eigenvalue weighted by Crippen LogP contribution is -2.22. The summed E-state index contributed by atoms with van der Waals surface area (Å²) in [4.78, 5) is 32.1. The summed E-state index contributed by atoms with van der Waals surface area (Å²) in [6, 6.07) is 7.12. The largest absolute Gasteiger partial charge is 0.454 e. The fraction of sp³-hybridized carbons (Fsp3) is 0.0714. The highest BCUT2D eigenvalue weighted by atomic mass is 16.7. The molecule has 1 aliphatic rings. The number of H-pyrrole nitrogens is 2. The van der Waals surface area contributed by atoms with E-state index in [0.717, 1.165) is 5.56 Å².